The van der Waals surface area contributed by atoms with Gasteiger partial charge in [-0.2, -0.15) is 5.26 Å². The summed E-state index contributed by atoms with van der Waals surface area (Å²) in [5.41, 5.74) is 3.06. The molecule has 3 rings (SSSR count). The van der Waals surface area contributed by atoms with Crippen molar-refractivity contribution in [2.24, 2.45) is 0 Å². The summed E-state index contributed by atoms with van der Waals surface area (Å²) in [4.78, 5) is 17.5. The van der Waals surface area contributed by atoms with E-state index >= 15 is 0 Å². The molecule has 0 unspecified atom stereocenters. The van der Waals surface area contributed by atoms with E-state index in [4.69, 9.17) is 5.26 Å². The standard InChI is InChI=1S/C18H14BrN3O/c1-22(11-13-8-6-12(10-20)7-9-13)18(23)17-16(19)14-4-2-3-5-15(14)21-17/h2-9,21H,11H2,1H3. The second-order valence-electron chi connectivity index (χ2n) is 5.33. The number of para-hydroxylation sites is 1. The van der Waals surface area contributed by atoms with Crippen molar-refractivity contribution in [1.82, 2.24) is 9.88 Å². The van der Waals surface area contributed by atoms with Gasteiger partial charge in [-0.25, -0.2) is 0 Å². The number of benzene rings is 2. The van der Waals surface area contributed by atoms with Gasteiger partial charge in [0.15, 0.2) is 0 Å². The second kappa shape index (κ2) is 6.27. The van der Waals surface area contributed by atoms with Crippen molar-refractivity contribution < 1.29 is 4.79 Å². The van der Waals surface area contributed by atoms with Crippen LogP contribution in [0.1, 0.15) is 21.6 Å². The van der Waals surface area contributed by atoms with Gasteiger partial charge in [0.1, 0.15) is 5.69 Å². The summed E-state index contributed by atoms with van der Waals surface area (Å²) < 4.78 is 0.782. The van der Waals surface area contributed by atoms with Crippen LogP contribution in [-0.2, 0) is 6.54 Å². The highest BCUT2D eigenvalue weighted by molar-refractivity contribution is 9.10. The lowest BCUT2D eigenvalue weighted by Crippen LogP contribution is -2.26. The first-order valence-electron chi connectivity index (χ1n) is 7.11. The molecule has 1 N–H and O–H groups in total. The minimum Gasteiger partial charge on any atom is -0.350 e. The van der Waals surface area contributed by atoms with Crippen LogP contribution in [0.25, 0.3) is 10.9 Å². The number of amides is 1. The fourth-order valence-electron chi connectivity index (χ4n) is 2.48. The Hall–Kier alpha value is -2.58. The molecule has 0 spiro atoms. The summed E-state index contributed by atoms with van der Waals surface area (Å²) in [6.07, 6.45) is 0. The Morgan fingerprint density at radius 3 is 2.57 bits per heavy atom. The van der Waals surface area contributed by atoms with Crippen molar-refractivity contribution >= 4 is 32.7 Å². The van der Waals surface area contributed by atoms with Gasteiger partial charge in [-0.1, -0.05) is 30.3 Å². The number of fused-ring (bicyclic) bond motifs is 1. The third-order valence-corrected chi connectivity index (χ3v) is 4.53. The smallest absolute Gasteiger partial charge is 0.271 e. The number of nitrogens with one attached hydrogen (secondary N) is 1. The van der Waals surface area contributed by atoms with Crippen molar-refractivity contribution in [1.29, 1.82) is 5.26 Å². The molecule has 0 fully saturated rings. The van der Waals surface area contributed by atoms with Gasteiger partial charge in [0, 0.05) is 24.5 Å². The molecular weight excluding hydrogens is 354 g/mol. The lowest BCUT2D eigenvalue weighted by molar-refractivity contribution is 0.0779. The molecule has 114 valence electrons. The molecule has 3 aromatic rings. The number of nitrogens with zero attached hydrogens (tertiary/aromatic N) is 2. The van der Waals surface area contributed by atoms with Crippen molar-refractivity contribution in [2.45, 2.75) is 6.54 Å². The van der Waals surface area contributed by atoms with Crippen LogP contribution >= 0.6 is 15.9 Å². The Balaban J connectivity index is 1.83. The number of aromatic amines is 1. The molecule has 5 heteroatoms. The Morgan fingerprint density at radius 2 is 1.91 bits per heavy atom. The summed E-state index contributed by atoms with van der Waals surface area (Å²) >= 11 is 3.51. The van der Waals surface area contributed by atoms with E-state index in [1.807, 2.05) is 36.4 Å². The Labute approximate surface area is 142 Å². The highest BCUT2D eigenvalue weighted by Gasteiger charge is 2.19. The third kappa shape index (κ3) is 2.99. The number of nitriles is 1. The molecule has 0 bridgehead atoms. The molecule has 1 aromatic heterocycles. The van der Waals surface area contributed by atoms with Crippen molar-refractivity contribution in [2.75, 3.05) is 7.05 Å². The minimum absolute atomic E-state index is 0.0857. The average Bonchev–Trinajstić information content (AvgIpc) is 2.92. The zero-order valence-electron chi connectivity index (χ0n) is 12.5. The van der Waals surface area contributed by atoms with Gasteiger partial charge in [-0.05, 0) is 39.7 Å². The topological polar surface area (TPSA) is 59.9 Å². The molecule has 4 nitrogen and oxygen atoms in total. The van der Waals surface area contributed by atoms with Crippen LogP contribution in [0.4, 0.5) is 0 Å². The first-order valence-corrected chi connectivity index (χ1v) is 7.90. The van der Waals surface area contributed by atoms with Crippen molar-refractivity contribution in [3.8, 4) is 6.07 Å². The number of H-pyrrole nitrogens is 1. The molecule has 0 radical (unpaired) electrons. The van der Waals surface area contributed by atoms with Gasteiger partial charge in [0.25, 0.3) is 5.91 Å². The molecule has 0 saturated carbocycles. The number of rotatable bonds is 3. The predicted octanol–water partition coefficient (Wildman–Crippen LogP) is 4.07. The van der Waals surface area contributed by atoms with Gasteiger partial charge in [-0.15, -0.1) is 0 Å². The zero-order chi connectivity index (χ0) is 16.4. The highest BCUT2D eigenvalue weighted by Crippen LogP contribution is 2.28. The molecule has 0 atom stereocenters. The Kier molecular flexibility index (Phi) is 4.18. The summed E-state index contributed by atoms with van der Waals surface area (Å²) in [6, 6.07) is 17.1. The normalized spacial score (nSPS) is 10.5. The average molecular weight is 368 g/mol. The number of hydrogen-bond donors (Lipinski definition) is 1. The largest absolute Gasteiger partial charge is 0.350 e. The summed E-state index contributed by atoms with van der Waals surface area (Å²) in [5.74, 6) is -0.0857. The fraction of sp³-hybridized carbons (Fsp3) is 0.111. The highest BCUT2D eigenvalue weighted by atomic mass is 79.9. The van der Waals surface area contributed by atoms with E-state index in [9.17, 15) is 4.79 Å². The summed E-state index contributed by atoms with van der Waals surface area (Å²) in [6.45, 7) is 0.479. The van der Waals surface area contributed by atoms with Crippen LogP contribution in [-0.4, -0.2) is 22.8 Å². The van der Waals surface area contributed by atoms with Gasteiger partial charge in [0.05, 0.1) is 16.1 Å². The lowest BCUT2D eigenvalue weighted by Gasteiger charge is -2.17. The molecule has 0 aliphatic heterocycles. The Bertz CT molecular complexity index is 906. The number of carbonyl (C=O) groups is 1. The molecular formula is C18H14BrN3O. The van der Waals surface area contributed by atoms with Gasteiger partial charge < -0.3 is 9.88 Å². The SMILES string of the molecule is CN(Cc1ccc(C#N)cc1)C(=O)c1[nH]c2ccccc2c1Br. The lowest BCUT2D eigenvalue weighted by atomic mass is 10.1. The molecule has 0 saturated heterocycles. The van der Waals surface area contributed by atoms with Crippen LogP contribution in [0.15, 0.2) is 53.0 Å². The summed E-state index contributed by atoms with van der Waals surface area (Å²) in [5, 5.41) is 9.81. The van der Waals surface area contributed by atoms with E-state index in [0.717, 1.165) is 20.9 Å². The predicted molar refractivity (Wildman–Crippen MR) is 93.0 cm³/mol. The van der Waals surface area contributed by atoms with Gasteiger partial charge >= 0.3 is 0 Å². The molecule has 2 aromatic carbocycles. The van der Waals surface area contributed by atoms with E-state index < -0.39 is 0 Å². The third-order valence-electron chi connectivity index (χ3n) is 3.71. The van der Waals surface area contributed by atoms with Crippen LogP contribution in [0.5, 0.6) is 0 Å². The minimum atomic E-state index is -0.0857. The molecule has 23 heavy (non-hydrogen) atoms. The van der Waals surface area contributed by atoms with Gasteiger partial charge in [0.2, 0.25) is 0 Å². The number of halogens is 1. The van der Waals surface area contributed by atoms with Crippen molar-refractivity contribution in [3.63, 3.8) is 0 Å². The van der Waals surface area contributed by atoms with Gasteiger partial charge in [-0.3, -0.25) is 4.79 Å². The van der Waals surface area contributed by atoms with Crippen LogP contribution in [0.2, 0.25) is 0 Å². The van der Waals surface area contributed by atoms with Crippen LogP contribution in [0, 0.1) is 11.3 Å². The Morgan fingerprint density at radius 1 is 1.22 bits per heavy atom. The maximum Gasteiger partial charge on any atom is 0.271 e. The van der Waals surface area contributed by atoms with E-state index in [1.54, 1.807) is 24.1 Å². The van der Waals surface area contributed by atoms with Crippen LogP contribution in [0.3, 0.4) is 0 Å². The van der Waals surface area contributed by atoms with Crippen LogP contribution < -0.4 is 0 Å². The van der Waals surface area contributed by atoms with Crippen molar-refractivity contribution in [3.05, 3.63) is 69.8 Å². The van der Waals surface area contributed by atoms with E-state index in [-0.39, 0.29) is 5.91 Å². The maximum atomic E-state index is 12.7. The number of carbonyl (C=O) groups excluding carboxylic acids is 1. The van der Waals surface area contributed by atoms with E-state index in [0.29, 0.717) is 17.8 Å². The molecule has 1 heterocycles. The monoisotopic (exact) mass is 367 g/mol. The fourth-order valence-corrected chi connectivity index (χ4v) is 3.09. The maximum absolute atomic E-state index is 12.7. The quantitative estimate of drug-likeness (QED) is 0.758. The molecule has 0 aliphatic rings. The zero-order valence-corrected chi connectivity index (χ0v) is 14.1. The summed E-state index contributed by atoms with van der Waals surface area (Å²) in [7, 11) is 1.76. The van der Waals surface area contributed by atoms with E-state index in [2.05, 4.69) is 27.0 Å². The molecule has 1 amide bonds. The molecule has 0 aliphatic carbocycles. The first kappa shape index (κ1) is 15.3. The second-order valence-corrected chi connectivity index (χ2v) is 6.12. The van der Waals surface area contributed by atoms with E-state index in [1.165, 1.54) is 0 Å². The number of aromatic nitrogens is 1. The first-order chi connectivity index (χ1) is 11.1. The number of hydrogen-bond acceptors (Lipinski definition) is 2.